The molecule has 0 spiro atoms. The number of carbonyl (C=O) groups is 2. The van der Waals surface area contributed by atoms with Gasteiger partial charge in [-0.05, 0) is 31.9 Å². The van der Waals surface area contributed by atoms with Crippen LogP contribution in [0.5, 0.6) is 0 Å². The zero-order valence-electron chi connectivity index (χ0n) is 11.8. The van der Waals surface area contributed by atoms with Gasteiger partial charge in [0.1, 0.15) is 0 Å². The van der Waals surface area contributed by atoms with E-state index in [4.69, 9.17) is 5.11 Å². The van der Waals surface area contributed by atoms with E-state index >= 15 is 0 Å². The molecule has 1 rings (SSSR count). The number of carboxylic acids is 1. The number of nitrogens with one attached hydrogen (secondary N) is 1. The van der Waals surface area contributed by atoms with Crippen LogP contribution in [0.15, 0.2) is 12.1 Å². The van der Waals surface area contributed by atoms with Gasteiger partial charge in [-0.15, -0.1) is 11.3 Å². The minimum atomic E-state index is -0.900. The lowest BCUT2D eigenvalue weighted by atomic mass is 9.85. The van der Waals surface area contributed by atoms with Gasteiger partial charge < -0.3 is 10.4 Å². The topological polar surface area (TPSA) is 66.4 Å². The molecule has 0 saturated heterocycles. The van der Waals surface area contributed by atoms with Gasteiger partial charge in [0.15, 0.2) is 0 Å². The molecular formula is C14H21NO3S. The molecule has 1 unspecified atom stereocenters. The Hall–Kier alpha value is -1.36. The Bertz CT molecular complexity index is 467. The monoisotopic (exact) mass is 283 g/mol. The zero-order valence-corrected chi connectivity index (χ0v) is 12.6. The largest absolute Gasteiger partial charge is 0.481 e. The van der Waals surface area contributed by atoms with E-state index in [0.29, 0.717) is 6.42 Å². The Morgan fingerprint density at radius 3 is 2.47 bits per heavy atom. The molecule has 1 aromatic heterocycles. The average molecular weight is 283 g/mol. The molecule has 0 aliphatic heterocycles. The summed E-state index contributed by atoms with van der Waals surface area (Å²) in [4.78, 5) is 25.1. The minimum Gasteiger partial charge on any atom is -0.481 e. The minimum absolute atomic E-state index is 0.0534. The summed E-state index contributed by atoms with van der Waals surface area (Å²) in [5.41, 5.74) is -0.713. The fraction of sp³-hybridized carbons (Fsp3) is 0.571. The number of amides is 1. The molecular weight excluding hydrogens is 262 g/mol. The number of carboxylic acid groups (broad SMARTS) is 1. The normalized spacial score (nSPS) is 14.2. The van der Waals surface area contributed by atoms with Crippen LogP contribution in [0.4, 0.5) is 0 Å². The maximum Gasteiger partial charge on any atom is 0.305 e. The molecule has 1 heterocycles. The quantitative estimate of drug-likeness (QED) is 0.843. The van der Waals surface area contributed by atoms with Crippen LogP contribution in [-0.4, -0.2) is 22.5 Å². The first-order chi connectivity index (χ1) is 8.73. The molecule has 19 heavy (non-hydrogen) atoms. The van der Waals surface area contributed by atoms with Crippen LogP contribution in [0.3, 0.4) is 0 Å². The SMILES string of the molecule is Cc1ccc(CC(=O)NC(C)(CC(=O)O)C(C)C)s1. The molecule has 1 amide bonds. The summed E-state index contributed by atoms with van der Waals surface area (Å²) in [6.45, 7) is 7.61. The number of hydrogen-bond donors (Lipinski definition) is 2. The van der Waals surface area contributed by atoms with Gasteiger partial charge in [0.05, 0.1) is 12.8 Å². The smallest absolute Gasteiger partial charge is 0.305 e. The molecule has 0 aliphatic carbocycles. The van der Waals surface area contributed by atoms with Gasteiger partial charge in [0, 0.05) is 15.3 Å². The van der Waals surface area contributed by atoms with Gasteiger partial charge in [-0.25, -0.2) is 0 Å². The highest BCUT2D eigenvalue weighted by Crippen LogP contribution is 2.22. The van der Waals surface area contributed by atoms with Crippen molar-refractivity contribution in [3.8, 4) is 0 Å². The first-order valence-electron chi connectivity index (χ1n) is 6.31. The summed E-state index contributed by atoms with van der Waals surface area (Å²) in [6.07, 6.45) is 0.236. The molecule has 1 aromatic rings. The van der Waals surface area contributed by atoms with Gasteiger partial charge in [0.25, 0.3) is 0 Å². The third kappa shape index (κ3) is 4.67. The summed E-state index contributed by atoms with van der Waals surface area (Å²) >= 11 is 1.59. The maximum atomic E-state index is 12.0. The van der Waals surface area contributed by atoms with Gasteiger partial charge in [-0.1, -0.05) is 13.8 Å². The van der Waals surface area contributed by atoms with Crippen LogP contribution in [-0.2, 0) is 16.0 Å². The Kier molecular flexibility index (Phi) is 5.11. The molecule has 0 aromatic carbocycles. The first-order valence-corrected chi connectivity index (χ1v) is 7.12. The average Bonchev–Trinajstić information content (AvgIpc) is 2.61. The molecule has 0 bridgehead atoms. The highest BCUT2D eigenvalue weighted by atomic mass is 32.1. The summed E-state index contributed by atoms with van der Waals surface area (Å²) in [5.74, 6) is -0.972. The van der Waals surface area contributed by atoms with Crippen LogP contribution in [0.2, 0.25) is 0 Å². The van der Waals surface area contributed by atoms with Gasteiger partial charge in [0.2, 0.25) is 5.91 Å². The van der Waals surface area contributed by atoms with E-state index < -0.39 is 11.5 Å². The predicted molar refractivity (Wildman–Crippen MR) is 76.4 cm³/mol. The number of rotatable bonds is 6. The maximum absolute atomic E-state index is 12.0. The Morgan fingerprint density at radius 1 is 1.42 bits per heavy atom. The lowest BCUT2D eigenvalue weighted by Gasteiger charge is -2.33. The molecule has 2 N–H and O–H groups in total. The zero-order chi connectivity index (χ0) is 14.6. The van der Waals surface area contributed by atoms with Crippen LogP contribution in [0.25, 0.3) is 0 Å². The highest BCUT2D eigenvalue weighted by molar-refractivity contribution is 7.12. The van der Waals surface area contributed by atoms with Crippen molar-refractivity contribution in [3.05, 3.63) is 21.9 Å². The second-order valence-electron chi connectivity index (χ2n) is 5.38. The molecule has 1 atom stereocenters. The standard InChI is InChI=1S/C14H21NO3S/c1-9(2)14(4,8-13(17)18)15-12(16)7-11-6-5-10(3)19-11/h5-6,9H,7-8H2,1-4H3,(H,15,16)(H,17,18). The van der Waals surface area contributed by atoms with Crippen molar-refractivity contribution in [1.29, 1.82) is 0 Å². The van der Waals surface area contributed by atoms with Crippen molar-refractivity contribution < 1.29 is 14.7 Å². The fourth-order valence-corrected chi connectivity index (χ4v) is 2.70. The van der Waals surface area contributed by atoms with Crippen molar-refractivity contribution in [2.75, 3.05) is 0 Å². The number of thiophene rings is 1. The van der Waals surface area contributed by atoms with Crippen LogP contribution in [0.1, 0.15) is 36.9 Å². The predicted octanol–water partition coefficient (Wildman–Crippen LogP) is 2.60. The van der Waals surface area contributed by atoms with E-state index in [2.05, 4.69) is 5.32 Å². The number of aryl methyl sites for hydroxylation is 1. The van der Waals surface area contributed by atoms with E-state index in [1.165, 1.54) is 4.88 Å². The van der Waals surface area contributed by atoms with E-state index in [9.17, 15) is 9.59 Å². The van der Waals surface area contributed by atoms with Crippen LogP contribution >= 0.6 is 11.3 Å². The van der Waals surface area contributed by atoms with E-state index in [1.54, 1.807) is 18.3 Å². The van der Waals surface area contributed by atoms with E-state index in [-0.39, 0.29) is 18.2 Å². The molecule has 0 radical (unpaired) electrons. The van der Waals surface area contributed by atoms with Crippen molar-refractivity contribution in [2.45, 2.75) is 46.1 Å². The fourth-order valence-electron chi connectivity index (χ4n) is 1.81. The third-order valence-electron chi connectivity index (χ3n) is 3.35. The Balaban J connectivity index is 2.69. The summed E-state index contributed by atoms with van der Waals surface area (Å²) in [7, 11) is 0. The Morgan fingerprint density at radius 2 is 2.05 bits per heavy atom. The van der Waals surface area contributed by atoms with Gasteiger partial charge in [-0.2, -0.15) is 0 Å². The van der Waals surface area contributed by atoms with Crippen molar-refractivity contribution >= 4 is 23.2 Å². The molecule has 106 valence electrons. The van der Waals surface area contributed by atoms with E-state index in [0.717, 1.165) is 4.88 Å². The molecule has 4 nitrogen and oxygen atoms in total. The Labute approximate surface area is 117 Å². The highest BCUT2D eigenvalue weighted by Gasteiger charge is 2.32. The summed E-state index contributed by atoms with van der Waals surface area (Å²) < 4.78 is 0. The van der Waals surface area contributed by atoms with Gasteiger partial charge >= 0.3 is 5.97 Å². The van der Waals surface area contributed by atoms with E-state index in [1.807, 2.05) is 32.9 Å². The second-order valence-corrected chi connectivity index (χ2v) is 6.75. The summed E-state index contributed by atoms with van der Waals surface area (Å²) in [6, 6.07) is 3.91. The number of hydrogen-bond acceptors (Lipinski definition) is 3. The number of aliphatic carboxylic acids is 1. The lowest BCUT2D eigenvalue weighted by Crippen LogP contribution is -2.51. The molecule has 0 saturated carbocycles. The van der Waals surface area contributed by atoms with Crippen molar-refractivity contribution in [3.63, 3.8) is 0 Å². The lowest BCUT2D eigenvalue weighted by molar-refractivity contribution is -0.139. The van der Waals surface area contributed by atoms with Crippen LogP contribution in [0, 0.1) is 12.8 Å². The first kappa shape index (κ1) is 15.7. The second kappa shape index (κ2) is 6.19. The molecule has 5 heteroatoms. The van der Waals surface area contributed by atoms with Crippen molar-refractivity contribution in [1.82, 2.24) is 5.32 Å². The molecule has 0 aliphatic rings. The van der Waals surface area contributed by atoms with Crippen LogP contribution < -0.4 is 5.32 Å². The van der Waals surface area contributed by atoms with Crippen molar-refractivity contribution in [2.24, 2.45) is 5.92 Å². The third-order valence-corrected chi connectivity index (χ3v) is 4.35. The molecule has 0 fully saturated rings. The number of carbonyl (C=O) groups excluding carboxylic acids is 1. The van der Waals surface area contributed by atoms with Gasteiger partial charge in [-0.3, -0.25) is 9.59 Å². The summed E-state index contributed by atoms with van der Waals surface area (Å²) in [5, 5.41) is 11.8.